The minimum Gasteiger partial charge on any atom is -1.00 e. The Hall–Kier alpha value is -0.610. The van der Waals surface area contributed by atoms with Gasteiger partial charge in [0.05, 0.1) is 20.3 Å². The summed E-state index contributed by atoms with van der Waals surface area (Å²) in [4.78, 5) is 1.46. The van der Waals surface area contributed by atoms with Crippen LogP contribution in [0.4, 0.5) is 0 Å². The molecule has 1 aliphatic heterocycles. The molecule has 0 spiro atoms. The normalized spacial score (nSPS) is 26.3. The van der Waals surface area contributed by atoms with E-state index in [9.17, 15) is 0 Å². The molecule has 1 fully saturated rings. The molecule has 0 saturated carbocycles. The number of hydrogen-bond donors (Lipinski definition) is 1. The zero-order valence-corrected chi connectivity index (χ0v) is 13.5. The molecule has 1 saturated heterocycles. The van der Waals surface area contributed by atoms with E-state index in [0.717, 1.165) is 38.3 Å². The highest BCUT2D eigenvalue weighted by Crippen LogP contribution is 2.27. The highest BCUT2D eigenvalue weighted by Gasteiger charge is 2.41. The second kappa shape index (κ2) is 7.99. The maximum absolute atomic E-state index is 6.19. The molecule has 1 heterocycles. The number of quaternary nitrogens is 1. The van der Waals surface area contributed by atoms with Crippen molar-refractivity contribution in [3.05, 3.63) is 35.9 Å². The van der Waals surface area contributed by atoms with Gasteiger partial charge in [-0.1, -0.05) is 44.2 Å². The molecule has 0 radical (unpaired) electrons. The topological polar surface area (TPSA) is 22.9 Å². The summed E-state index contributed by atoms with van der Waals surface area (Å²) in [5.41, 5.74) is 1.14. The number of halogens is 1. The summed E-state index contributed by atoms with van der Waals surface area (Å²) in [6.07, 6.45) is 1.07. The van der Waals surface area contributed by atoms with Gasteiger partial charge >= 0.3 is 0 Å². The molecule has 0 aromatic heterocycles. The highest BCUT2D eigenvalue weighted by atomic mass is 35.5. The van der Waals surface area contributed by atoms with E-state index in [0.29, 0.717) is 5.92 Å². The Balaban J connectivity index is 0.00000200. The van der Waals surface area contributed by atoms with Crippen molar-refractivity contribution < 1.29 is 26.8 Å². The van der Waals surface area contributed by atoms with Crippen LogP contribution in [0.25, 0.3) is 0 Å². The number of morpholine rings is 1. The largest absolute Gasteiger partial charge is 1.00 e. The third-order valence-electron chi connectivity index (χ3n) is 3.64. The van der Waals surface area contributed by atoms with Crippen LogP contribution in [0.15, 0.2) is 30.3 Å². The molecule has 1 aromatic rings. The molecule has 2 rings (SSSR count). The average molecular weight is 300 g/mol. The highest BCUT2D eigenvalue weighted by molar-refractivity contribution is 5.20. The van der Waals surface area contributed by atoms with Gasteiger partial charge in [-0.2, -0.15) is 0 Å². The molecule has 2 atom stereocenters. The van der Waals surface area contributed by atoms with Crippen molar-refractivity contribution in [3.8, 4) is 0 Å². The monoisotopic (exact) mass is 299 g/mol. The first-order valence-corrected chi connectivity index (χ1v) is 7.27. The van der Waals surface area contributed by atoms with Crippen LogP contribution >= 0.6 is 0 Å². The van der Waals surface area contributed by atoms with Gasteiger partial charge in [0.2, 0.25) is 5.79 Å². The number of benzene rings is 1. The van der Waals surface area contributed by atoms with Crippen LogP contribution in [0.3, 0.4) is 0 Å². The van der Waals surface area contributed by atoms with Gasteiger partial charge in [-0.3, -0.25) is 0 Å². The number of nitrogens with one attached hydrogen (secondary N) is 1. The summed E-state index contributed by atoms with van der Waals surface area (Å²) < 4.78 is 12.3. The van der Waals surface area contributed by atoms with Gasteiger partial charge in [0, 0.05) is 5.56 Å². The van der Waals surface area contributed by atoms with Gasteiger partial charge in [-0.05, 0) is 12.3 Å². The smallest absolute Gasteiger partial charge is 0.246 e. The lowest BCUT2D eigenvalue weighted by Crippen LogP contribution is -3.12. The van der Waals surface area contributed by atoms with Crippen LogP contribution < -0.4 is 17.3 Å². The molecule has 4 heteroatoms. The summed E-state index contributed by atoms with van der Waals surface area (Å²) >= 11 is 0. The Morgan fingerprint density at radius 3 is 2.60 bits per heavy atom. The number of likely N-dealkylation sites (N-methyl/N-ethyl adjacent to an activating group) is 1. The van der Waals surface area contributed by atoms with Crippen LogP contribution in [-0.4, -0.2) is 33.4 Å². The predicted molar refractivity (Wildman–Crippen MR) is 76.1 cm³/mol. The van der Waals surface area contributed by atoms with Crippen molar-refractivity contribution >= 4 is 0 Å². The van der Waals surface area contributed by atoms with E-state index in [1.54, 1.807) is 0 Å². The lowest BCUT2D eigenvalue weighted by molar-refractivity contribution is -0.904. The molecule has 2 unspecified atom stereocenters. The Labute approximate surface area is 128 Å². The van der Waals surface area contributed by atoms with Crippen LogP contribution in [0.1, 0.15) is 25.8 Å². The van der Waals surface area contributed by atoms with Crippen LogP contribution in [0.2, 0.25) is 0 Å². The summed E-state index contributed by atoms with van der Waals surface area (Å²) in [6, 6.07) is 10.3. The number of hydrogen-bond acceptors (Lipinski definition) is 2. The van der Waals surface area contributed by atoms with E-state index in [1.807, 2.05) is 6.07 Å². The van der Waals surface area contributed by atoms with E-state index in [-0.39, 0.29) is 12.4 Å². The SMILES string of the molecule is CC(C)CCOC1(c2ccccc2)C[NH+](C)CCO1.[Cl-]. The Kier molecular flexibility index (Phi) is 6.96. The maximum Gasteiger partial charge on any atom is 0.246 e. The molecule has 1 aliphatic rings. The molecule has 114 valence electrons. The zero-order valence-electron chi connectivity index (χ0n) is 12.7. The van der Waals surface area contributed by atoms with Crippen molar-refractivity contribution in [2.24, 2.45) is 5.92 Å². The fourth-order valence-electron chi connectivity index (χ4n) is 2.44. The minimum atomic E-state index is -0.557. The molecule has 1 aromatic carbocycles. The first-order chi connectivity index (χ1) is 9.12. The third kappa shape index (κ3) is 4.45. The Morgan fingerprint density at radius 1 is 1.30 bits per heavy atom. The third-order valence-corrected chi connectivity index (χ3v) is 3.64. The Bertz CT molecular complexity index is 385. The van der Waals surface area contributed by atoms with Crippen molar-refractivity contribution in [1.82, 2.24) is 0 Å². The lowest BCUT2D eigenvalue weighted by Gasteiger charge is -2.39. The quantitative estimate of drug-likeness (QED) is 0.712. The first kappa shape index (κ1) is 17.4. The molecular weight excluding hydrogens is 274 g/mol. The molecule has 20 heavy (non-hydrogen) atoms. The fourth-order valence-corrected chi connectivity index (χ4v) is 2.44. The summed E-state index contributed by atoms with van der Waals surface area (Å²) in [5, 5.41) is 0. The van der Waals surface area contributed by atoms with Crippen LogP contribution in [0.5, 0.6) is 0 Å². The minimum absolute atomic E-state index is 0. The van der Waals surface area contributed by atoms with Gasteiger partial charge in [-0.25, -0.2) is 0 Å². The summed E-state index contributed by atoms with van der Waals surface area (Å²) in [6.45, 7) is 7.86. The molecular formula is C16H26ClNO2. The van der Waals surface area contributed by atoms with Crippen molar-refractivity contribution in [3.63, 3.8) is 0 Å². The summed E-state index contributed by atoms with van der Waals surface area (Å²) in [5.74, 6) is 0.0971. The second-order valence-corrected chi connectivity index (χ2v) is 5.88. The molecule has 0 amide bonds. The fraction of sp³-hybridized carbons (Fsp3) is 0.625. The predicted octanol–water partition coefficient (Wildman–Crippen LogP) is -1.55. The molecule has 0 aliphatic carbocycles. The average Bonchev–Trinajstić information content (AvgIpc) is 2.39. The second-order valence-electron chi connectivity index (χ2n) is 5.88. The van der Waals surface area contributed by atoms with E-state index in [1.165, 1.54) is 4.90 Å². The van der Waals surface area contributed by atoms with Crippen molar-refractivity contribution in [2.75, 3.05) is 33.4 Å². The van der Waals surface area contributed by atoms with Gasteiger partial charge in [0.25, 0.3) is 0 Å². The molecule has 3 nitrogen and oxygen atoms in total. The number of rotatable bonds is 5. The van der Waals surface area contributed by atoms with Gasteiger partial charge in [0.1, 0.15) is 13.1 Å². The lowest BCUT2D eigenvalue weighted by atomic mass is 10.0. The van der Waals surface area contributed by atoms with Gasteiger partial charge < -0.3 is 26.8 Å². The van der Waals surface area contributed by atoms with E-state index < -0.39 is 5.79 Å². The van der Waals surface area contributed by atoms with E-state index >= 15 is 0 Å². The molecule has 1 N–H and O–H groups in total. The van der Waals surface area contributed by atoms with Gasteiger partial charge in [-0.15, -0.1) is 0 Å². The standard InChI is InChI=1S/C16H25NO2.ClH/c1-14(2)9-11-18-16(13-17(3)10-12-19-16)15-7-5-4-6-8-15;/h4-8,14H,9-13H2,1-3H3;1H. The van der Waals surface area contributed by atoms with Gasteiger partial charge in [0.15, 0.2) is 0 Å². The van der Waals surface area contributed by atoms with Crippen LogP contribution in [0, 0.1) is 5.92 Å². The summed E-state index contributed by atoms with van der Waals surface area (Å²) in [7, 11) is 2.20. The van der Waals surface area contributed by atoms with Crippen molar-refractivity contribution in [2.45, 2.75) is 26.1 Å². The zero-order chi connectivity index (χ0) is 13.7. The van der Waals surface area contributed by atoms with E-state index in [4.69, 9.17) is 9.47 Å². The van der Waals surface area contributed by atoms with Crippen molar-refractivity contribution in [1.29, 1.82) is 0 Å². The van der Waals surface area contributed by atoms with Crippen LogP contribution in [-0.2, 0) is 15.3 Å². The Morgan fingerprint density at radius 2 is 2.00 bits per heavy atom. The van der Waals surface area contributed by atoms with E-state index in [2.05, 4.69) is 45.2 Å². The number of ether oxygens (including phenoxy) is 2. The maximum atomic E-state index is 6.19. The molecule has 0 bridgehead atoms. The first-order valence-electron chi connectivity index (χ1n) is 7.27.